The van der Waals surface area contributed by atoms with Gasteiger partial charge in [0.15, 0.2) is 11.5 Å². The van der Waals surface area contributed by atoms with Gasteiger partial charge in [0, 0.05) is 25.2 Å². The van der Waals surface area contributed by atoms with Crippen molar-refractivity contribution in [3.63, 3.8) is 0 Å². The van der Waals surface area contributed by atoms with E-state index in [4.69, 9.17) is 14.2 Å². The fourth-order valence-electron chi connectivity index (χ4n) is 3.10. The minimum atomic E-state index is -3.72. The molecule has 1 aliphatic rings. The largest absolute Gasteiger partial charge is 0.486 e. The second-order valence-corrected chi connectivity index (χ2v) is 8.82. The third-order valence-electron chi connectivity index (χ3n) is 4.72. The Morgan fingerprint density at radius 3 is 2.66 bits per heavy atom. The van der Waals surface area contributed by atoms with Gasteiger partial charge in [-0.15, -0.1) is 0 Å². The molecular weight excluding hydrogens is 434 g/mol. The first kappa shape index (κ1) is 21.8. The van der Waals surface area contributed by atoms with E-state index >= 15 is 0 Å². The van der Waals surface area contributed by atoms with E-state index in [0.29, 0.717) is 36.8 Å². The topological polar surface area (TPSA) is 109 Å². The number of benzene rings is 2. The van der Waals surface area contributed by atoms with Gasteiger partial charge in [0.1, 0.15) is 25.5 Å². The number of carbonyl (C=O) groups is 1. The van der Waals surface area contributed by atoms with Crippen LogP contribution in [0.3, 0.4) is 0 Å². The number of hydrogen-bond acceptors (Lipinski definition) is 7. The minimum absolute atomic E-state index is 0.0571. The van der Waals surface area contributed by atoms with E-state index in [0.717, 1.165) is 5.69 Å². The molecule has 168 valence electrons. The van der Waals surface area contributed by atoms with Crippen LogP contribution < -0.4 is 14.2 Å². The maximum absolute atomic E-state index is 12.5. The number of nitrogens with one attached hydrogen (secondary N) is 1. The number of sulfonamides is 1. The molecule has 1 aliphatic heterocycles. The highest BCUT2D eigenvalue weighted by Crippen LogP contribution is 2.32. The average molecular weight is 458 g/mol. The van der Waals surface area contributed by atoms with Crippen LogP contribution in [0.5, 0.6) is 11.5 Å². The molecule has 0 spiro atoms. The van der Waals surface area contributed by atoms with Crippen LogP contribution in [-0.2, 0) is 26.2 Å². The number of ether oxygens (including phenoxy) is 3. The van der Waals surface area contributed by atoms with Gasteiger partial charge in [-0.05, 0) is 36.8 Å². The Bertz CT molecular complexity index is 1180. The Morgan fingerprint density at radius 1 is 1.06 bits per heavy atom. The maximum atomic E-state index is 12.5. The normalized spacial score (nSPS) is 13.0. The first-order chi connectivity index (χ1) is 15.5. The van der Waals surface area contributed by atoms with E-state index in [2.05, 4.69) is 9.82 Å². The lowest BCUT2D eigenvalue weighted by Gasteiger charge is -2.18. The van der Waals surface area contributed by atoms with Crippen LogP contribution in [0.4, 0.5) is 0 Å². The van der Waals surface area contributed by atoms with Crippen molar-refractivity contribution in [3.05, 3.63) is 66.5 Å². The lowest BCUT2D eigenvalue weighted by Crippen LogP contribution is -2.25. The molecule has 10 heteroatoms. The van der Waals surface area contributed by atoms with Crippen molar-refractivity contribution < 1.29 is 27.4 Å². The third-order valence-corrected chi connectivity index (χ3v) is 6.18. The summed E-state index contributed by atoms with van der Waals surface area (Å²) < 4.78 is 45.2. The number of aromatic nitrogens is 2. The second-order valence-electron chi connectivity index (χ2n) is 7.05. The molecule has 0 saturated heterocycles. The zero-order valence-corrected chi connectivity index (χ0v) is 18.1. The van der Waals surface area contributed by atoms with Crippen molar-refractivity contribution in [2.45, 2.75) is 24.3 Å². The standard InChI is InChI=1S/C22H23N3O6S/c26-22(31-16-17-10-12-25(24-17)18-5-2-1-3-6-18)7-4-11-23-32(27,28)19-8-9-20-21(15-19)30-14-13-29-20/h1-3,5-6,8-10,12,15,23H,4,7,11,13-14,16H2. The van der Waals surface area contributed by atoms with Gasteiger partial charge in [0.25, 0.3) is 0 Å². The van der Waals surface area contributed by atoms with Crippen LogP contribution in [0.25, 0.3) is 5.69 Å². The van der Waals surface area contributed by atoms with Crippen molar-refractivity contribution in [2.24, 2.45) is 0 Å². The molecule has 0 amide bonds. The zero-order valence-electron chi connectivity index (χ0n) is 17.3. The Labute approximate surface area is 186 Å². The zero-order chi connectivity index (χ0) is 22.4. The van der Waals surface area contributed by atoms with Crippen LogP contribution in [0, 0.1) is 0 Å². The monoisotopic (exact) mass is 457 g/mol. The molecule has 0 saturated carbocycles. The van der Waals surface area contributed by atoms with Gasteiger partial charge in [0.2, 0.25) is 10.0 Å². The number of carbonyl (C=O) groups excluding carboxylic acids is 1. The van der Waals surface area contributed by atoms with Gasteiger partial charge in [0.05, 0.1) is 10.6 Å². The molecule has 0 atom stereocenters. The Hall–Kier alpha value is -3.37. The molecular formula is C22H23N3O6S. The van der Waals surface area contributed by atoms with E-state index in [1.165, 1.54) is 12.1 Å². The van der Waals surface area contributed by atoms with Gasteiger partial charge < -0.3 is 14.2 Å². The summed E-state index contributed by atoms with van der Waals surface area (Å²) >= 11 is 0. The van der Waals surface area contributed by atoms with Gasteiger partial charge >= 0.3 is 5.97 Å². The van der Waals surface area contributed by atoms with E-state index in [9.17, 15) is 13.2 Å². The predicted octanol–water partition coefficient (Wildman–Crippen LogP) is 2.45. The van der Waals surface area contributed by atoms with E-state index < -0.39 is 16.0 Å². The van der Waals surface area contributed by atoms with E-state index in [-0.39, 0.29) is 24.5 Å². The van der Waals surface area contributed by atoms with E-state index in [1.807, 2.05) is 30.3 Å². The smallest absolute Gasteiger partial charge is 0.306 e. The number of nitrogens with zero attached hydrogens (tertiary/aromatic N) is 2. The number of hydrogen-bond donors (Lipinski definition) is 1. The molecule has 0 unspecified atom stereocenters. The average Bonchev–Trinajstić information content (AvgIpc) is 3.30. The van der Waals surface area contributed by atoms with Crippen molar-refractivity contribution in [1.82, 2.24) is 14.5 Å². The Balaban J connectivity index is 1.20. The number of fused-ring (bicyclic) bond motifs is 1. The molecule has 4 rings (SSSR count). The second kappa shape index (κ2) is 9.84. The molecule has 1 N–H and O–H groups in total. The molecule has 2 aromatic carbocycles. The summed E-state index contributed by atoms with van der Waals surface area (Å²) in [6, 6.07) is 15.8. The predicted molar refractivity (Wildman–Crippen MR) is 115 cm³/mol. The van der Waals surface area contributed by atoms with Crippen molar-refractivity contribution in [3.8, 4) is 17.2 Å². The molecule has 0 aliphatic carbocycles. The summed E-state index contributed by atoms with van der Waals surface area (Å²) in [6.45, 7) is 0.969. The fraction of sp³-hybridized carbons (Fsp3) is 0.273. The summed E-state index contributed by atoms with van der Waals surface area (Å²) in [5.41, 5.74) is 1.54. The summed E-state index contributed by atoms with van der Waals surface area (Å²) in [6.07, 6.45) is 2.19. The van der Waals surface area contributed by atoms with Crippen LogP contribution in [0.1, 0.15) is 18.5 Å². The Kier molecular flexibility index (Phi) is 6.72. The number of esters is 1. The van der Waals surface area contributed by atoms with Crippen LogP contribution in [-0.4, -0.2) is 43.9 Å². The molecule has 0 bridgehead atoms. The summed E-state index contributed by atoms with van der Waals surface area (Å²) in [4.78, 5) is 12.1. The SMILES string of the molecule is O=C(CCCNS(=O)(=O)c1ccc2c(c1)OCCO2)OCc1ccn(-c2ccccc2)n1. The van der Waals surface area contributed by atoms with Crippen molar-refractivity contribution >= 4 is 16.0 Å². The van der Waals surface area contributed by atoms with Crippen LogP contribution >= 0.6 is 0 Å². The molecule has 3 aromatic rings. The summed E-state index contributed by atoms with van der Waals surface area (Å²) in [7, 11) is -3.72. The molecule has 32 heavy (non-hydrogen) atoms. The van der Waals surface area contributed by atoms with Gasteiger partial charge in [-0.1, -0.05) is 18.2 Å². The van der Waals surface area contributed by atoms with E-state index in [1.54, 1.807) is 23.0 Å². The number of para-hydroxylation sites is 1. The minimum Gasteiger partial charge on any atom is -0.486 e. The highest BCUT2D eigenvalue weighted by atomic mass is 32.2. The molecule has 2 heterocycles. The first-order valence-electron chi connectivity index (χ1n) is 10.2. The quantitative estimate of drug-likeness (QED) is 0.388. The highest BCUT2D eigenvalue weighted by Gasteiger charge is 2.19. The lowest BCUT2D eigenvalue weighted by atomic mass is 10.3. The number of rotatable bonds is 9. The summed E-state index contributed by atoms with van der Waals surface area (Å²) in [5, 5.41) is 4.37. The maximum Gasteiger partial charge on any atom is 0.306 e. The summed E-state index contributed by atoms with van der Waals surface area (Å²) in [5.74, 6) is 0.502. The molecule has 0 radical (unpaired) electrons. The van der Waals surface area contributed by atoms with Gasteiger partial charge in [-0.25, -0.2) is 17.8 Å². The first-order valence-corrected chi connectivity index (χ1v) is 11.6. The van der Waals surface area contributed by atoms with Crippen LogP contribution in [0.15, 0.2) is 65.7 Å². The highest BCUT2D eigenvalue weighted by molar-refractivity contribution is 7.89. The fourth-order valence-corrected chi connectivity index (χ4v) is 4.19. The molecule has 0 fully saturated rings. The van der Waals surface area contributed by atoms with Crippen molar-refractivity contribution in [2.75, 3.05) is 19.8 Å². The molecule has 1 aromatic heterocycles. The van der Waals surface area contributed by atoms with Crippen molar-refractivity contribution in [1.29, 1.82) is 0 Å². The third kappa shape index (κ3) is 5.45. The van der Waals surface area contributed by atoms with Gasteiger partial charge in [-0.3, -0.25) is 4.79 Å². The van der Waals surface area contributed by atoms with Gasteiger partial charge in [-0.2, -0.15) is 5.10 Å². The Morgan fingerprint density at radius 2 is 1.84 bits per heavy atom. The van der Waals surface area contributed by atoms with Crippen LogP contribution in [0.2, 0.25) is 0 Å². The lowest BCUT2D eigenvalue weighted by molar-refractivity contribution is -0.145. The molecule has 9 nitrogen and oxygen atoms in total.